The highest BCUT2D eigenvalue weighted by molar-refractivity contribution is 5.04. The van der Waals surface area contributed by atoms with Gasteiger partial charge in [0.25, 0.3) is 0 Å². The summed E-state index contributed by atoms with van der Waals surface area (Å²) in [6, 6.07) is 0. The summed E-state index contributed by atoms with van der Waals surface area (Å²) in [6.07, 6.45) is 3.57. The van der Waals surface area contributed by atoms with Crippen molar-refractivity contribution in [3.63, 3.8) is 0 Å². The molecule has 1 aliphatic heterocycles. The van der Waals surface area contributed by atoms with Gasteiger partial charge in [0.15, 0.2) is 0 Å². The molecule has 0 radical (unpaired) electrons. The molecule has 0 bridgehead atoms. The average molecular weight is 154 g/mol. The molecule has 11 heavy (non-hydrogen) atoms. The monoisotopic (exact) mass is 154 g/mol. The Morgan fingerprint density at radius 1 is 1.64 bits per heavy atom. The van der Waals surface area contributed by atoms with E-state index in [1.807, 2.05) is 7.05 Å². The topological polar surface area (TPSA) is 15.3 Å². The highest BCUT2D eigenvalue weighted by atomic mass is 15.1. The second kappa shape index (κ2) is 4.52. The number of nitrogens with one attached hydrogen (secondary N) is 1. The third-order valence-corrected chi connectivity index (χ3v) is 2.09. The minimum absolute atomic E-state index is 1.10. The van der Waals surface area contributed by atoms with E-state index in [1.54, 1.807) is 0 Å². The lowest BCUT2D eigenvalue weighted by Gasteiger charge is -2.25. The number of nitrogens with zero attached hydrogens (tertiary/aromatic N) is 1. The number of rotatable bonds is 3. The molecule has 0 aromatic rings. The Morgan fingerprint density at radius 2 is 2.45 bits per heavy atom. The molecule has 0 spiro atoms. The van der Waals surface area contributed by atoms with Crippen LogP contribution in [0.25, 0.3) is 0 Å². The van der Waals surface area contributed by atoms with Crippen LogP contribution < -0.4 is 5.32 Å². The molecule has 64 valence electrons. The van der Waals surface area contributed by atoms with E-state index in [4.69, 9.17) is 0 Å². The molecule has 0 aliphatic carbocycles. The minimum atomic E-state index is 1.10. The molecule has 1 aliphatic rings. The van der Waals surface area contributed by atoms with Gasteiger partial charge in [0.1, 0.15) is 0 Å². The summed E-state index contributed by atoms with van der Waals surface area (Å²) in [5.41, 5.74) is 1.52. The Morgan fingerprint density at radius 3 is 3.09 bits per heavy atom. The molecule has 1 N–H and O–H groups in total. The summed E-state index contributed by atoms with van der Waals surface area (Å²) in [5, 5.41) is 3.17. The first-order chi connectivity index (χ1) is 5.33. The van der Waals surface area contributed by atoms with Gasteiger partial charge in [0.2, 0.25) is 0 Å². The number of hydrogen-bond acceptors (Lipinski definition) is 2. The first kappa shape index (κ1) is 8.75. The lowest BCUT2D eigenvalue weighted by atomic mass is 10.1. The molecule has 1 rings (SSSR count). The molecule has 0 unspecified atom stereocenters. The predicted molar refractivity (Wildman–Crippen MR) is 48.7 cm³/mol. The Balaban J connectivity index is 2.21. The molecule has 0 saturated heterocycles. The fraction of sp³-hybridized carbons (Fsp3) is 0.778. The van der Waals surface area contributed by atoms with Crippen LogP contribution in [0.2, 0.25) is 0 Å². The van der Waals surface area contributed by atoms with Crippen LogP contribution in [0, 0.1) is 0 Å². The fourth-order valence-electron chi connectivity index (χ4n) is 1.45. The van der Waals surface area contributed by atoms with E-state index >= 15 is 0 Å². The highest BCUT2D eigenvalue weighted by Gasteiger charge is 2.07. The summed E-state index contributed by atoms with van der Waals surface area (Å²) >= 11 is 0. The lowest BCUT2D eigenvalue weighted by Crippen LogP contribution is -2.34. The second-order valence-electron chi connectivity index (χ2n) is 3.22. The maximum atomic E-state index is 3.17. The van der Waals surface area contributed by atoms with E-state index in [0.717, 1.165) is 6.54 Å². The van der Waals surface area contributed by atoms with Crippen LogP contribution in [-0.2, 0) is 0 Å². The van der Waals surface area contributed by atoms with Gasteiger partial charge in [0, 0.05) is 26.2 Å². The molecule has 0 amide bonds. The fourth-order valence-corrected chi connectivity index (χ4v) is 1.45. The third kappa shape index (κ3) is 3.04. The Bertz CT molecular complexity index is 140. The van der Waals surface area contributed by atoms with Crippen molar-refractivity contribution in [2.45, 2.75) is 13.3 Å². The maximum absolute atomic E-state index is 3.17. The zero-order valence-corrected chi connectivity index (χ0v) is 7.56. The van der Waals surface area contributed by atoms with Gasteiger partial charge in [0.05, 0.1) is 0 Å². The number of hydrogen-bond donors (Lipinski definition) is 1. The zero-order chi connectivity index (χ0) is 8.10. The van der Waals surface area contributed by atoms with Gasteiger partial charge in [-0.05, 0) is 20.4 Å². The summed E-state index contributed by atoms with van der Waals surface area (Å²) in [7, 11) is 2.01. The first-order valence-electron chi connectivity index (χ1n) is 4.35. The van der Waals surface area contributed by atoms with Crippen LogP contribution in [0.1, 0.15) is 13.3 Å². The van der Waals surface area contributed by atoms with Crippen LogP contribution in [0.5, 0.6) is 0 Å². The van der Waals surface area contributed by atoms with Crippen molar-refractivity contribution in [1.29, 1.82) is 0 Å². The molecule has 1 heterocycles. The lowest BCUT2D eigenvalue weighted by molar-refractivity contribution is 0.292. The summed E-state index contributed by atoms with van der Waals surface area (Å²) in [6.45, 7) is 6.90. The molecule has 0 aromatic carbocycles. The van der Waals surface area contributed by atoms with E-state index in [9.17, 15) is 0 Å². The smallest absolute Gasteiger partial charge is 0.0190 e. The Labute approximate surface area is 69.3 Å². The maximum Gasteiger partial charge on any atom is 0.0190 e. The van der Waals surface area contributed by atoms with Crippen LogP contribution in [0.15, 0.2) is 11.6 Å². The van der Waals surface area contributed by atoms with Crippen molar-refractivity contribution in [2.75, 3.05) is 33.2 Å². The first-order valence-corrected chi connectivity index (χ1v) is 4.35. The van der Waals surface area contributed by atoms with Gasteiger partial charge in [-0.3, -0.25) is 4.90 Å². The molecule has 0 atom stereocenters. The minimum Gasteiger partial charge on any atom is -0.318 e. The van der Waals surface area contributed by atoms with Crippen molar-refractivity contribution < 1.29 is 0 Å². The molecule has 2 heteroatoms. The third-order valence-electron chi connectivity index (χ3n) is 2.09. The molecule has 0 fully saturated rings. The SMILES string of the molecule is CNCCN1CCC=C(C)C1. The van der Waals surface area contributed by atoms with Crippen LogP contribution in [-0.4, -0.2) is 38.1 Å². The van der Waals surface area contributed by atoms with Gasteiger partial charge in [-0.25, -0.2) is 0 Å². The van der Waals surface area contributed by atoms with Gasteiger partial charge in [-0.15, -0.1) is 0 Å². The van der Waals surface area contributed by atoms with Crippen molar-refractivity contribution in [3.8, 4) is 0 Å². The van der Waals surface area contributed by atoms with E-state index in [-0.39, 0.29) is 0 Å². The molecule has 0 saturated carbocycles. The van der Waals surface area contributed by atoms with Crippen molar-refractivity contribution >= 4 is 0 Å². The van der Waals surface area contributed by atoms with Gasteiger partial charge in [-0.1, -0.05) is 11.6 Å². The largest absolute Gasteiger partial charge is 0.318 e. The van der Waals surface area contributed by atoms with E-state index < -0.39 is 0 Å². The van der Waals surface area contributed by atoms with Crippen molar-refractivity contribution in [2.24, 2.45) is 0 Å². The van der Waals surface area contributed by atoms with Gasteiger partial charge < -0.3 is 5.32 Å². The van der Waals surface area contributed by atoms with Crippen molar-refractivity contribution in [3.05, 3.63) is 11.6 Å². The normalized spacial score (nSPS) is 20.0. The van der Waals surface area contributed by atoms with Gasteiger partial charge in [-0.2, -0.15) is 0 Å². The van der Waals surface area contributed by atoms with Crippen LogP contribution in [0.3, 0.4) is 0 Å². The number of likely N-dealkylation sites (N-methyl/N-ethyl adjacent to an activating group) is 1. The zero-order valence-electron chi connectivity index (χ0n) is 7.56. The molecular weight excluding hydrogens is 136 g/mol. The van der Waals surface area contributed by atoms with E-state index in [1.165, 1.54) is 31.6 Å². The standard InChI is InChI=1S/C9H18N2/c1-9-4-3-6-11(8-9)7-5-10-2/h4,10H,3,5-8H2,1-2H3. The van der Waals surface area contributed by atoms with Crippen molar-refractivity contribution in [1.82, 2.24) is 10.2 Å². The predicted octanol–water partition coefficient (Wildman–Crippen LogP) is 0.858. The average Bonchev–Trinajstić information content (AvgIpc) is 2.01. The van der Waals surface area contributed by atoms with Gasteiger partial charge >= 0.3 is 0 Å². The Hall–Kier alpha value is -0.340. The van der Waals surface area contributed by atoms with Crippen LogP contribution >= 0.6 is 0 Å². The summed E-state index contributed by atoms with van der Waals surface area (Å²) < 4.78 is 0. The van der Waals surface area contributed by atoms with Crippen LogP contribution in [0.4, 0.5) is 0 Å². The molecule has 0 aromatic heterocycles. The quantitative estimate of drug-likeness (QED) is 0.606. The van der Waals surface area contributed by atoms with E-state index in [2.05, 4.69) is 23.2 Å². The molecular formula is C9H18N2. The Kier molecular flexibility index (Phi) is 3.60. The summed E-state index contributed by atoms with van der Waals surface area (Å²) in [4.78, 5) is 2.49. The highest BCUT2D eigenvalue weighted by Crippen LogP contribution is 2.07. The molecule has 2 nitrogen and oxygen atoms in total. The van der Waals surface area contributed by atoms with E-state index in [0.29, 0.717) is 0 Å². The second-order valence-corrected chi connectivity index (χ2v) is 3.22. The summed E-state index contributed by atoms with van der Waals surface area (Å²) in [5.74, 6) is 0.